The molecule has 0 bridgehead atoms. The van der Waals surface area contributed by atoms with E-state index in [0.717, 1.165) is 0 Å². The summed E-state index contributed by atoms with van der Waals surface area (Å²) in [6, 6.07) is 0. The number of hydrogen-bond donors (Lipinski definition) is 0. The number of rotatable bonds is 0. The van der Waals surface area contributed by atoms with Crippen molar-refractivity contribution in [2.24, 2.45) is 0 Å². The fraction of sp³-hybridized carbons (Fsp3) is 0. The van der Waals surface area contributed by atoms with Crippen LogP contribution >= 0.6 is 27.0 Å². The molecule has 0 saturated heterocycles. The molecule has 0 rings (SSSR count). The fourth-order valence-corrected chi connectivity index (χ4v) is 0. The zero-order chi connectivity index (χ0) is 0. The zero-order valence-electron chi connectivity index (χ0n) is 1.50. The van der Waals surface area contributed by atoms with E-state index in [1.165, 1.54) is 0 Å². The van der Waals surface area contributed by atoms with Gasteiger partial charge in [0.05, 0.1) is 0 Å². The van der Waals surface area contributed by atoms with Gasteiger partial charge in [-0.1, -0.05) is 0 Å². The molecule has 2 N–H and O–H groups in total. The monoisotopic (exact) mass is 110 g/mol. The van der Waals surface area contributed by atoms with Crippen LogP contribution in [0.15, 0.2) is 0 Å². The third kappa shape index (κ3) is 9.40. The van der Waals surface area contributed by atoms with E-state index in [1.807, 2.05) is 0 Å². The van der Waals surface area contributed by atoms with E-state index in [4.69, 9.17) is 0 Å². The average Bonchev–Trinajstić information content (AvgIpc) is 0. The third-order valence-corrected chi connectivity index (χ3v) is 0. The van der Waals surface area contributed by atoms with Gasteiger partial charge >= 0.3 is 29.6 Å². The van der Waals surface area contributed by atoms with E-state index in [1.54, 1.807) is 0 Å². The van der Waals surface area contributed by atoms with Gasteiger partial charge in [0.25, 0.3) is 0 Å². The molecular weight excluding hydrogens is 103 g/mol. The Labute approximate surface area is 61.6 Å². The second kappa shape index (κ2) is 22.7. The molecule has 26 valence electrons. The predicted molar refractivity (Wildman–Crippen MR) is 31.5 cm³/mol. The first kappa shape index (κ1) is 44.6. The minimum absolute atomic E-state index is 0. The van der Waals surface area contributed by atoms with Crippen molar-refractivity contribution in [1.82, 2.24) is 0 Å². The molecule has 0 aliphatic rings. The van der Waals surface area contributed by atoms with Crippen LogP contribution in [0.5, 0.6) is 0 Å². The van der Waals surface area contributed by atoms with Gasteiger partial charge in [-0.2, -0.15) is 27.0 Å². The van der Waals surface area contributed by atoms with Crippen LogP contribution < -0.4 is 0 Å². The summed E-state index contributed by atoms with van der Waals surface area (Å²) in [6.45, 7) is 0. The minimum atomic E-state index is 0. The van der Waals surface area contributed by atoms with Gasteiger partial charge in [-0.05, 0) is 0 Å². The summed E-state index contributed by atoms with van der Waals surface area (Å²) in [7, 11) is 0. The molecule has 0 aromatic rings. The molecule has 0 spiro atoms. The van der Waals surface area contributed by atoms with E-state index < -0.39 is 0 Å². The summed E-state index contributed by atoms with van der Waals surface area (Å²) in [6.07, 6.45) is 0. The topological polar surface area (TPSA) is 31.5 Å². The predicted octanol–water partition coefficient (Wildman–Crippen LogP) is -1.25. The third-order valence-electron chi connectivity index (χ3n) is 0. The second-order valence-corrected chi connectivity index (χ2v) is 0. The van der Waals surface area contributed by atoms with Crippen molar-refractivity contribution in [2.75, 3.05) is 0 Å². The van der Waals surface area contributed by atoms with Gasteiger partial charge in [0.1, 0.15) is 0 Å². The molecule has 1 nitrogen and oxygen atoms in total. The molecule has 0 aliphatic heterocycles. The molecule has 0 fully saturated rings. The Balaban J connectivity index is 0. The maximum atomic E-state index is 0. The quantitative estimate of drug-likeness (QED) is 0.349. The average molecular weight is 110 g/mol. The Kier molecular flexibility index (Phi) is 253. The van der Waals surface area contributed by atoms with Crippen LogP contribution in [0.25, 0.3) is 0 Å². The summed E-state index contributed by atoms with van der Waals surface area (Å²) in [5, 5.41) is 0. The molecule has 0 unspecified atom stereocenters. The molecule has 0 atom stereocenters. The van der Waals surface area contributed by atoms with Crippen molar-refractivity contribution in [3.63, 3.8) is 0 Å². The van der Waals surface area contributed by atoms with Crippen LogP contribution in [0.2, 0.25) is 0 Å². The Bertz CT molecular complexity index is 6.00. The molecule has 0 saturated carbocycles. The standard InChI is InChI=1S/Na.H2O.2H2S.H/h;3*1H2;. The Morgan fingerprint density at radius 1 is 0.750 bits per heavy atom. The Hall–Kier alpha value is 1.66. The van der Waals surface area contributed by atoms with E-state index in [-0.39, 0.29) is 62.0 Å². The molecule has 4 heteroatoms. The van der Waals surface area contributed by atoms with E-state index in [9.17, 15) is 0 Å². The molecule has 0 aromatic carbocycles. The first-order valence-electron chi connectivity index (χ1n) is 0. The van der Waals surface area contributed by atoms with Crippen LogP contribution in [0.3, 0.4) is 0 Å². The molecule has 0 aromatic heterocycles. The SMILES string of the molecule is O.S.S.[NaH]. The van der Waals surface area contributed by atoms with E-state index in [0.29, 0.717) is 0 Å². The van der Waals surface area contributed by atoms with Gasteiger partial charge in [0.15, 0.2) is 0 Å². The van der Waals surface area contributed by atoms with Crippen molar-refractivity contribution < 1.29 is 5.48 Å². The van der Waals surface area contributed by atoms with Crippen molar-refractivity contribution in [2.45, 2.75) is 0 Å². The second-order valence-electron chi connectivity index (χ2n) is 0. The molecule has 4 heavy (non-hydrogen) atoms. The summed E-state index contributed by atoms with van der Waals surface area (Å²) < 4.78 is 0. The normalized spacial score (nSPS) is 0. The summed E-state index contributed by atoms with van der Waals surface area (Å²) >= 11 is 0. The maximum absolute atomic E-state index is 0. The van der Waals surface area contributed by atoms with Crippen LogP contribution in [-0.4, -0.2) is 35.0 Å². The Morgan fingerprint density at radius 3 is 0.750 bits per heavy atom. The first-order chi connectivity index (χ1) is 0. The molecule has 0 amide bonds. The summed E-state index contributed by atoms with van der Waals surface area (Å²) in [5.74, 6) is 0. The van der Waals surface area contributed by atoms with Crippen molar-refractivity contribution in [1.29, 1.82) is 0 Å². The van der Waals surface area contributed by atoms with Gasteiger partial charge in [0.2, 0.25) is 0 Å². The molecular formula is H7NaOS2. The molecule has 0 radical (unpaired) electrons. The van der Waals surface area contributed by atoms with E-state index in [2.05, 4.69) is 0 Å². The number of hydrogen-bond acceptors (Lipinski definition) is 0. The molecule has 0 aliphatic carbocycles. The fourth-order valence-electron chi connectivity index (χ4n) is 0. The van der Waals surface area contributed by atoms with E-state index >= 15 is 0 Å². The van der Waals surface area contributed by atoms with Crippen molar-refractivity contribution in [3.05, 3.63) is 0 Å². The van der Waals surface area contributed by atoms with Crippen LogP contribution in [0.4, 0.5) is 0 Å². The summed E-state index contributed by atoms with van der Waals surface area (Å²) in [4.78, 5) is 0. The van der Waals surface area contributed by atoms with Crippen molar-refractivity contribution >= 4 is 56.5 Å². The van der Waals surface area contributed by atoms with Gasteiger partial charge in [0, 0.05) is 0 Å². The van der Waals surface area contributed by atoms with Crippen molar-refractivity contribution in [3.8, 4) is 0 Å². The Morgan fingerprint density at radius 2 is 0.750 bits per heavy atom. The zero-order valence-corrected chi connectivity index (χ0v) is 3.50. The van der Waals surface area contributed by atoms with Gasteiger partial charge in [-0.15, -0.1) is 0 Å². The van der Waals surface area contributed by atoms with Gasteiger partial charge in [-0.25, -0.2) is 0 Å². The van der Waals surface area contributed by atoms with Gasteiger partial charge in [-0.3, -0.25) is 0 Å². The van der Waals surface area contributed by atoms with Crippen LogP contribution in [-0.2, 0) is 0 Å². The van der Waals surface area contributed by atoms with Crippen LogP contribution in [0, 0.1) is 0 Å². The first-order valence-corrected chi connectivity index (χ1v) is 0. The van der Waals surface area contributed by atoms with Gasteiger partial charge < -0.3 is 5.48 Å². The van der Waals surface area contributed by atoms with Crippen LogP contribution in [0.1, 0.15) is 0 Å². The summed E-state index contributed by atoms with van der Waals surface area (Å²) in [5.41, 5.74) is 0. The molecule has 0 heterocycles.